The molecule has 0 spiro atoms. The molecular formula is C27H29N5O3. The van der Waals surface area contributed by atoms with Crippen LogP contribution in [-0.4, -0.2) is 46.3 Å². The third-order valence-electron chi connectivity index (χ3n) is 5.62. The standard InChI is InChI=1S/C27H29N5O3/c1-4-35-15-9-14-28-26(33)20-12-8-13-21(16-20)29-27(34)22-17-23(19-10-6-5-7-11-19)30-25-24(22)18(2)31-32(25)3/h5-8,10-13,16-17H,4,9,14-15H2,1-3H3,(H,28,33)(H,29,34). The monoisotopic (exact) mass is 471 g/mol. The number of anilines is 1. The summed E-state index contributed by atoms with van der Waals surface area (Å²) in [6.07, 6.45) is 0.738. The zero-order valence-corrected chi connectivity index (χ0v) is 20.2. The number of ether oxygens (including phenoxy) is 1. The summed E-state index contributed by atoms with van der Waals surface area (Å²) in [5.41, 5.74) is 4.43. The molecule has 0 radical (unpaired) electrons. The Morgan fingerprint density at radius 3 is 2.60 bits per heavy atom. The van der Waals surface area contributed by atoms with Crippen LogP contribution >= 0.6 is 0 Å². The summed E-state index contributed by atoms with van der Waals surface area (Å²) in [4.78, 5) is 30.7. The van der Waals surface area contributed by atoms with Crippen LogP contribution in [0.1, 0.15) is 39.8 Å². The molecule has 4 rings (SSSR count). The van der Waals surface area contributed by atoms with Crippen LogP contribution in [0.3, 0.4) is 0 Å². The quantitative estimate of drug-likeness (QED) is 0.354. The lowest BCUT2D eigenvalue weighted by molar-refractivity contribution is 0.0943. The first-order valence-corrected chi connectivity index (χ1v) is 11.6. The van der Waals surface area contributed by atoms with E-state index in [2.05, 4.69) is 15.7 Å². The maximum absolute atomic E-state index is 13.4. The van der Waals surface area contributed by atoms with E-state index in [0.29, 0.717) is 53.3 Å². The number of pyridine rings is 1. The number of carbonyl (C=O) groups is 2. The van der Waals surface area contributed by atoms with E-state index in [1.807, 2.05) is 51.2 Å². The number of hydrogen-bond acceptors (Lipinski definition) is 5. The number of hydrogen-bond donors (Lipinski definition) is 2. The second-order valence-electron chi connectivity index (χ2n) is 8.17. The number of nitrogens with zero attached hydrogens (tertiary/aromatic N) is 3. The van der Waals surface area contributed by atoms with Gasteiger partial charge in [-0.2, -0.15) is 5.10 Å². The van der Waals surface area contributed by atoms with Crippen molar-refractivity contribution in [3.05, 3.63) is 77.5 Å². The number of nitrogens with one attached hydrogen (secondary N) is 2. The van der Waals surface area contributed by atoms with Gasteiger partial charge in [-0.05, 0) is 44.5 Å². The molecule has 0 fully saturated rings. The van der Waals surface area contributed by atoms with Crippen molar-refractivity contribution in [3.8, 4) is 11.3 Å². The van der Waals surface area contributed by atoms with Gasteiger partial charge in [-0.1, -0.05) is 36.4 Å². The van der Waals surface area contributed by atoms with Crippen LogP contribution in [0.15, 0.2) is 60.7 Å². The van der Waals surface area contributed by atoms with Crippen molar-refractivity contribution in [2.45, 2.75) is 20.3 Å². The zero-order chi connectivity index (χ0) is 24.8. The van der Waals surface area contributed by atoms with Crippen molar-refractivity contribution in [3.63, 3.8) is 0 Å². The van der Waals surface area contributed by atoms with E-state index in [1.165, 1.54) is 0 Å². The predicted octanol–water partition coefficient (Wildman–Crippen LogP) is 4.35. The van der Waals surface area contributed by atoms with Gasteiger partial charge in [0.1, 0.15) is 0 Å². The third kappa shape index (κ3) is 5.55. The number of fused-ring (bicyclic) bond motifs is 1. The second-order valence-corrected chi connectivity index (χ2v) is 8.17. The molecule has 2 amide bonds. The van der Waals surface area contributed by atoms with Crippen LogP contribution in [0.25, 0.3) is 22.3 Å². The van der Waals surface area contributed by atoms with Gasteiger partial charge in [0.2, 0.25) is 0 Å². The third-order valence-corrected chi connectivity index (χ3v) is 5.62. The maximum atomic E-state index is 13.4. The molecule has 0 unspecified atom stereocenters. The summed E-state index contributed by atoms with van der Waals surface area (Å²) < 4.78 is 6.98. The van der Waals surface area contributed by atoms with Crippen molar-refractivity contribution in [1.29, 1.82) is 0 Å². The predicted molar refractivity (Wildman–Crippen MR) is 137 cm³/mol. The van der Waals surface area contributed by atoms with E-state index >= 15 is 0 Å². The smallest absolute Gasteiger partial charge is 0.256 e. The first kappa shape index (κ1) is 24.1. The van der Waals surface area contributed by atoms with Gasteiger partial charge in [-0.25, -0.2) is 4.98 Å². The molecule has 8 nitrogen and oxygen atoms in total. The normalized spacial score (nSPS) is 10.9. The van der Waals surface area contributed by atoms with E-state index in [1.54, 1.807) is 35.0 Å². The van der Waals surface area contributed by atoms with Gasteiger partial charge in [-0.15, -0.1) is 0 Å². The zero-order valence-electron chi connectivity index (χ0n) is 20.2. The minimum atomic E-state index is -0.292. The van der Waals surface area contributed by atoms with E-state index in [4.69, 9.17) is 9.72 Å². The second kappa shape index (κ2) is 10.9. The van der Waals surface area contributed by atoms with Gasteiger partial charge in [-0.3, -0.25) is 14.3 Å². The van der Waals surface area contributed by atoms with Crippen LogP contribution < -0.4 is 10.6 Å². The van der Waals surface area contributed by atoms with Crippen molar-refractivity contribution in [2.75, 3.05) is 25.1 Å². The topological polar surface area (TPSA) is 98.1 Å². The lowest BCUT2D eigenvalue weighted by atomic mass is 10.0. The lowest BCUT2D eigenvalue weighted by Crippen LogP contribution is -2.25. The Hall–Kier alpha value is -4.04. The summed E-state index contributed by atoms with van der Waals surface area (Å²) in [5, 5.41) is 11.0. The average Bonchev–Trinajstić information content (AvgIpc) is 3.17. The summed E-state index contributed by atoms with van der Waals surface area (Å²) in [7, 11) is 1.81. The Morgan fingerprint density at radius 2 is 1.83 bits per heavy atom. The number of benzene rings is 2. The van der Waals surface area contributed by atoms with E-state index in [-0.39, 0.29) is 11.8 Å². The fourth-order valence-corrected chi connectivity index (χ4v) is 3.94. The van der Waals surface area contributed by atoms with Gasteiger partial charge in [0.15, 0.2) is 5.65 Å². The fraction of sp³-hybridized carbons (Fsp3) is 0.259. The summed E-state index contributed by atoms with van der Waals surface area (Å²) in [5.74, 6) is -0.488. The minimum absolute atomic E-state index is 0.196. The van der Waals surface area contributed by atoms with Gasteiger partial charge >= 0.3 is 0 Å². The molecule has 35 heavy (non-hydrogen) atoms. The molecule has 0 aliphatic heterocycles. The minimum Gasteiger partial charge on any atom is -0.382 e. The molecule has 0 saturated heterocycles. The molecule has 2 heterocycles. The molecule has 180 valence electrons. The molecule has 2 aromatic carbocycles. The SMILES string of the molecule is CCOCCCNC(=O)c1cccc(NC(=O)c2cc(-c3ccccc3)nc3c2c(C)nn3C)c1. The van der Waals surface area contributed by atoms with Crippen LogP contribution in [0, 0.1) is 6.92 Å². The molecule has 4 aromatic rings. The van der Waals surface area contributed by atoms with E-state index < -0.39 is 0 Å². The average molecular weight is 472 g/mol. The van der Waals surface area contributed by atoms with Gasteiger partial charge in [0, 0.05) is 43.6 Å². The summed E-state index contributed by atoms with van der Waals surface area (Å²) in [6.45, 7) is 5.58. The first-order chi connectivity index (χ1) is 17.0. The molecule has 8 heteroatoms. The Kier molecular flexibility index (Phi) is 7.52. The van der Waals surface area contributed by atoms with E-state index in [9.17, 15) is 9.59 Å². The van der Waals surface area contributed by atoms with Crippen molar-refractivity contribution in [2.24, 2.45) is 7.05 Å². The Labute approximate surface area is 204 Å². The Balaban J connectivity index is 1.58. The summed E-state index contributed by atoms with van der Waals surface area (Å²) >= 11 is 0. The highest BCUT2D eigenvalue weighted by molar-refractivity contribution is 6.13. The highest BCUT2D eigenvalue weighted by Gasteiger charge is 2.20. The van der Waals surface area contributed by atoms with Gasteiger partial charge < -0.3 is 15.4 Å². The lowest BCUT2D eigenvalue weighted by Gasteiger charge is -2.11. The highest BCUT2D eigenvalue weighted by Crippen LogP contribution is 2.27. The number of rotatable bonds is 9. The largest absolute Gasteiger partial charge is 0.382 e. The molecule has 0 saturated carbocycles. The van der Waals surface area contributed by atoms with Crippen LogP contribution in [0.4, 0.5) is 5.69 Å². The number of aryl methyl sites for hydroxylation is 2. The maximum Gasteiger partial charge on any atom is 0.256 e. The Morgan fingerprint density at radius 1 is 1.03 bits per heavy atom. The molecule has 2 aromatic heterocycles. The van der Waals surface area contributed by atoms with Crippen LogP contribution in [0.5, 0.6) is 0 Å². The van der Waals surface area contributed by atoms with Crippen LogP contribution in [-0.2, 0) is 11.8 Å². The van der Waals surface area contributed by atoms with Crippen LogP contribution in [0.2, 0.25) is 0 Å². The molecule has 0 aliphatic rings. The van der Waals surface area contributed by atoms with Crippen molar-refractivity contribution >= 4 is 28.5 Å². The number of amides is 2. The van der Waals surface area contributed by atoms with E-state index in [0.717, 1.165) is 17.7 Å². The Bertz CT molecular complexity index is 1350. The fourth-order valence-electron chi connectivity index (χ4n) is 3.94. The molecule has 2 N–H and O–H groups in total. The van der Waals surface area contributed by atoms with Gasteiger partial charge in [0.25, 0.3) is 11.8 Å². The molecule has 0 atom stereocenters. The number of carbonyl (C=O) groups excluding carboxylic acids is 2. The number of aromatic nitrogens is 3. The molecule has 0 bridgehead atoms. The van der Waals surface area contributed by atoms with Gasteiger partial charge in [0.05, 0.1) is 22.3 Å². The summed E-state index contributed by atoms with van der Waals surface area (Å²) in [6, 6.07) is 18.4. The van der Waals surface area contributed by atoms with Crippen molar-refractivity contribution in [1.82, 2.24) is 20.1 Å². The highest BCUT2D eigenvalue weighted by atomic mass is 16.5. The van der Waals surface area contributed by atoms with Crippen molar-refractivity contribution < 1.29 is 14.3 Å². The first-order valence-electron chi connectivity index (χ1n) is 11.6. The molecular weight excluding hydrogens is 442 g/mol. The molecule has 0 aliphatic carbocycles.